The number of unbranched alkanes of at least 4 members (excludes halogenated alkanes) is 10. The van der Waals surface area contributed by atoms with Crippen LogP contribution < -0.4 is 0 Å². The molecule has 0 aromatic carbocycles. The van der Waals surface area contributed by atoms with E-state index >= 15 is 0 Å². The lowest BCUT2D eigenvalue weighted by molar-refractivity contribution is -0.137. The zero-order chi connectivity index (χ0) is 20.4. The molecule has 0 aliphatic carbocycles. The summed E-state index contributed by atoms with van der Waals surface area (Å²) in [5, 5.41) is 0. The van der Waals surface area contributed by atoms with Crippen molar-refractivity contribution in [3.63, 3.8) is 0 Å². The number of hydrogen-bond acceptors (Lipinski definition) is 5. The molecule has 0 spiro atoms. The molecule has 0 N–H and O–H groups in total. The van der Waals surface area contributed by atoms with E-state index in [0.717, 1.165) is 38.5 Å². The zero-order valence-electron chi connectivity index (χ0n) is 17.8. The number of carbonyl (C=O) groups is 1. The summed E-state index contributed by atoms with van der Waals surface area (Å²) in [5.41, 5.74) is 0.272. The molecule has 0 saturated carbocycles. The van der Waals surface area contributed by atoms with Gasteiger partial charge in [-0.1, -0.05) is 84.6 Å². The van der Waals surface area contributed by atoms with Gasteiger partial charge in [0.05, 0.1) is 13.2 Å². The van der Waals surface area contributed by atoms with Gasteiger partial charge in [0, 0.05) is 5.57 Å². The predicted octanol–water partition coefficient (Wildman–Crippen LogP) is 7.01. The van der Waals surface area contributed by atoms with Gasteiger partial charge in [-0.3, -0.25) is 4.57 Å². The molecular weight excluding hydrogens is 363 g/mol. The molecule has 160 valence electrons. The molecule has 0 bridgehead atoms. The third-order valence-corrected chi connectivity index (χ3v) is 5.87. The molecule has 0 atom stereocenters. The normalized spacial score (nSPS) is 11.5. The second-order valence-corrected chi connectivity index (χ2v) is 9.15. The van der Waals surface area contributed by atoms with E-state index in [-0.39, 0.29) is 11.9 Å². The van der Waals surface area contributed by atoms with E-state index in [4.69, 9.17) is 13.8 Å². The van der Waals surface area contributed by atoms with Crippen LogP contribution in [0.2, 0.25) is 0 Å². The van der Waals surface area contributed by atoms with Crippen molar-refractivity contribution in [3.8, 4) is 0 Å². The van der Waals surface area contributed by atoms with Crippen LogP contribution in [0.25, 0.3) is 0 Å². The van der Waals surface area contributed by atoms with Gasteiger partial charge < -0.3 is 13.8 Å². The van der Waals surface area contributed by atoms with Crippen LogP contribution in [-0.2, 0) is 23.1 Å². The van der Waals surface area contributed by atoms with Crippen LogP contribution in [-0.4, -0.2) is 25.5 Å². The minimum Gasteiger partial charge on any atom is -0.449 e. The Morgan fingerprint density at radius 2 is 1.19 bits per heavy atom. The van der Waals surface area contributed by atoms with Gasteiger partial charge in [0.2, 0.25) is 0 Å². The highest BCUT2D eigenvalue weighted by molar-refractivity contribution is 7.53. The van der Waals surface area contributed by atoms with E-state index in [0.29, 0.717) is 13.2 Å². The van der Waals surface area contributed by atoms with Crippen LogP contribution in [0.15, 0.2) is 12.2 Å². The molecule has 0 aliphatic rings. The summed E-state index contributed by atoms with van der Waals surface area (Å²) in [7, 11) is -3.42. The van der Waals surface area contributed by atoms with E-state index in [1.165, 1.54) is 38.5 Å². The monoisotopic (exact) mass is 404 g/mol. The van der Waals surface area contributed by atoms with Crippen LogP contribution >= 0.6 is 7.60 Å². The van der Waals surface area contributed by atoms with Crippen molar-refractivity contribution in [2.45, 2.75) is 97.8 Å². The van der Waals surface area contributed by atoms with Crippen LogP contribution in [0, 0.1) is 0 Å². The van der Waals surface area contributed by atoms with Crippen molar-refractivity contribution in [2.24, 2.45) is 0 Å². The van der Waals surface area contributed by atoms with Crippen molar-refractivity contribution in [1.29, 1.82) is 0 Å². The van der Waals surface area contributed by atoms with Gasteiger partial charge >= 0.3 is 13.6 Å². The molecule has 0 radical (unpaired) electrons. The lowest BCUT2D eigenvalue weighted by Crippen LogP contribution is -2.10. The Morgan fingerprint density at radius 3 is 1.59 bits per heavy atom. The van der Waals surface area contributed by atoms with Crippen LogP contribution in [0.1, 0.15) is 97.8 Å². The molecule has 0 aromatic rings. The highest BCUT2D eigenvalue weighted by Gasteiger charge is 2.27. The predicted molar refractivity (Wildman–Crippen MR) is 112 cm³/mol. The van der Waals surface area contributed by atoms with Gasteiger partial charge in [0.15, 0.2) is 6.35 Å². The largest absolute Gasteiger partial charge is 0.449 e. The molecule has 0 amide bonds. The smallest absolute Gasteiger partial charge is 0.367 e. The molecule has 0 fully saturated rings. The van der Waals surface area contributed by atoms with Crippen LogP contribution in [0.4, 0.5) is 0 Å². The summed E-state index contributed by atoms with van der Waals surface area (Å²) in [5.74, 6) is -0.568. The first-order chi connectivity index (χ1) is 12.9. The average molecular weight is 405 g/mol. The number of ether oxygens (including phenoxy) is 1. The lowest BCUT2D eigenvalue weighted by atomic mass is 10.1. The second-order valence-electron chi connectivity index (χ2n) is 7.15. The van der Waals surface area contributed by atoms with Gasteiger partial charge in [-0.15, -0.1) is 0 Å². The fourth-order valence-electron chi connectivity index (χ4n) is 2.54. The molecule has 27 heavy (non-hydrogen) atoms. The molecule has 6 heteroatoms. The first-order valence-electron chi connectivity index (χ1n) is 10.7. The Hall–Kier alpha value is -0.640. The van der Waals surface area contributed by atoms with E-state index in [2.05, 4.69) is 20.4 Å². The van der Waals surface area contributed by atoms with E-state index in [1.807, 2.05) is 0 Å². The molecular formula is C21H41O5P. The standard InChI is InChI=1S/C21H41O5P/c1-5-7-9-11-13-15-17-25-27(23,19-24-21(22)20(3)4)26-18-16-14-12-10-8-6-2/h3,5-19H2,1-2,4H3. The molecule has 0 rings (SSSR count). The number of esters is 1. The first-order valence-corrected chi connectivity index (χ1v) is 12.4. The molecule has 0 heterocycles. The highest BCUT2D eigenvalue weighted by atomic mass is 31.2. The van der Waals surface area contributed by atoms with Gasteiger partial charge in [0.25, 0.3) is 0 Å². The van der Waals surface area contributed by atoms with Crippen LogP contribution in [0.5, 0.6) is 0 Å². The summed E-state index contributed by atoms with van der Waals surface area (Å²) in [6.45, 7) is 10.2. The van der Waals surface area contributed by atoms with Gasteiger partial charge in [-0.05, 0) is 19.8 Å². The molecule has 0 aliphatic heterocycles. The third kappa shape index (κ3) is 16.1. The number of carbonyl (C=O) groups excluding carboxylic acids is 1. The summed E-state index contributed by atoms with van der Waals surface area (Å²) in [6.07, 6.45) is 13.1. The average Bonchev–Trinajstić information content (AvgIpc) is 2.64. The molecule has 0 unspecified atom stereocenters. The van der Waals surface area contributed by atoms with E-state index in [9.17, 15) is 9.36 Å². The summed E-state index contributed by atoms with van der Waals surface area (Å²) in [6, 6.07) is 0. The Labute approximate surface area is 166 Å². The summed E-state index contributed by atoms with van der Waals surface area (Å²) in [4.78, 5) is 11.6. The summed E-state index contributed by atoms with van der Waals surface area (Å²) >= 11 is 0. The van der Waals surface area contributed by atoms with Gasteiger partial charge in [-0.25, -0.2) is 4.79 Å². The number of hydrogen-bond donors (Lipinski definition) is 0. The molecule has 5 nitrogen and oxygen atoms in total. The fourth-order valence-corrected chi connectivity index (χ4v) is 3.86. The lowest BCUT2D eigenvalue weighted by Gasteiger charge is -2.18. The maximum absolute atomic E-state index is 12.9. The summed E-state index contributed by atoms with van der Waals surface area (Å²) < 4.78 is 29.0. The van der Waals surface area contributed by atoms with Crippen molar-refractivity contribution in [3.05, 3.63) is 12.2 Å². The Kier molecular flexibility index (Phi) is 17.0. The van der Waals surface area contributed by atoms with E-state index < -0.39 is 13.6 Å². The zero-order valence-corrected chi connectivity index (χ0v) is 18.7. The first kappa shape index (κ1) is 26.4. The van der Waals surface area contributed by atoms with Gasteiger partial charge in [0.1, 0.15) is 0 Å². The Balaban J connectivity index is 4.21. The Morgan fingerprint density at radius 1 is 0.778 bits per heavy atom. The van der Waals surface area contributed by atoms with E-state index in [1.54, 1.807) is 6.92 Å². The fraction of sp³-hybridized carbons (Fsp3) is 0.857. The highest BCUT2D eigenvalue weighted by Crippen LogP contribution is 2.48. The van der Waals surface area contributed by atoms with Crippen molar-refractivity contribution in [2.75, 3.05) is 19.6 Å². The SMILES string of the molecule is C=C(C)C(=O)OCP(=O)(OCCCCCCCC)OCCCCCCCC. The quantitative estimate of drug-likeness (QED) is 0.100. The van der Waals surface area contributed by atoms with Gasteiger partial charge in [-0.2, -0.15) is 0 Å². The Bertz CT molecular complexity index is 414. The second kappa shape index (κ2) is 17.5. The topological polar surface area (TPSA) is 61.8 Å². The number of rotatable bonds is 19. The maximum Gasteiger partial charge on any atom is 0.367 e. The molecule has 0 aromatic heterocycles. The maximum atomic E-state index is 12.9. The van der Waals surface area contributed by atoms with Crippen LogP contribution in [0.3, 0.4) is 0 Å². The van der Waals surface area contributed by atoms with Crippen molar-refractivity contribution in [1.82, 2.24) is 0 Å². The van der Waals surface area contributed by atoms with Crippen molar-refractivity contribution < 1.29 is 23.1 Å². The third-order valence-electron chi connectivity index (χ3n) is 4.27. The minimum absolute atomic E-state index is 0.272. The van der Waals surface area contributed by atoms with Crippen molar-refractivity contribution >= 4 is 13.6 Å². The minimum atomic E-state index is -3.42. The molecule has 0 saturated heterocycles.